The topological polar surface area (TPSA) is 116 Å². The lowest BCUT2D eigenvalue weighted by atomic mass is 9.94. The molecule has 0 radical (unpaired) electrons. The SMILES string of the molecule is NC(N)=N/N=C1\CCCc2c1c1ccccc1n2S(=O)(=O)c1ccccc1. The predicted molar refractivity (Wildman–Crippen MR) is 106 cm³/mol. The van der Waals surface area contributed by atoms with E-state index in [0.717, 1.165) is 23.1 Å². The van der Waals surface area contributed by atoms with Crippen LogP contribution in [0, 0.1) is 0 Å². The fourth-order valence-electron chi connectivity index (χ4n) is 3.55. The molecule has 138 valence electrons. The maximum Gasteiger partial charge on any atom is 0.268 e. The van der Waals surface area contributed by atoms with Gasteiger partial charge in [0, 0.05) is 16.6 Å². The number of guanidine groups is 1. The second-order valence-electron chi connectivity index (χ2n) is 6.35. The third kappa shape index (κ3) is 2.87. The van der Waals surface area contributed by atoms with E-state index in [-0.39, 0.29) is 10.9 Å². The molecule has 1 heterocycles. The van der Waals surface area contributed by atoms with Crippen molar-refractivity contribution < 1.29 is 8.42 Å². The molecule has 0 fully saturated rings. The highest BCUT2D eigenvalue weighted by atomic mass is 32.2. The number of hydrogen-bond acceptors (Lipinski definition) is 4. The van der Waals surface area contributed by atoms with Crippen molar-refractivity contribution in [2.24, 2.45) is 21.7 Å². The maximum absolute atomic E-state index is 13.4. The van der Waals surface area contributed by atoms with E-state index in [1.54, 1.807) is 30.3 Å². The molecule has 27 heavy (non-hydrogen) atoms. The lowest BCUT2D eigenvalue weighted by molar-refractivity contribution is 0.586. The molecule has 7 nitrogen and oxygen atoms in total. The van der Waals surface area contributed by atoms with Crippen molar-refractivity contribution in [3.63, 3.8) is 0 Å². The molecule has 8 heteroatoms. The van der Waals surface area contributed by atoms with Gasteiger partial charge in [0.1, 0.15) is 0 Å². The van der Waals surface area contributed by atoms with Gasteiger partial charge in [-0.25, -0.2) is 12.4 Å². The molecule has 3 aromatic rings. The van der Waals surface area contributed by atoms with Crippen LogP contribution in [0.1, 0.15) is 24.1 Å². The lowest BCUT2D eigenvalue weighted by Gasteiger charge is -2.17. The Bertz CT molecular complexity index is 1170. The zero-order valence-electron chi connectivity index (χ0n) is 14.5. The molecule has 0 atom stereocenters. The largest absolute Gasteiger partial charge is 0.369 e. The number of fused-ring (bicyclic) bond motifs is 3. The van der Waals surface area contributed by atoms with Crippen LogP contribution in [0.5, 0.6) is 0 Å². The van der Waals surface area contributed by atoms with E-state index in [1.165, 1.54) is 3.97 Å². The molecule has 0 bridgehead atoms. The molecule has 2 aromatic carbocycles. The predicted octanol–water partition coefficient (Wildman–Crippen LogP) is 2.19. The van der Waals surface area contributed by atoms with E-state index >= 15 is 0 Å². The highest BCUT2D eigenvalue weighted by Gasteiger charge is 2.30. The van der Waals surface area contributed by atoms with Gasteiger partial charge in [-0.2, -0.15) is 5.10 Å². The summed E-state index contributed by atoms with van der Waals surface area (Å²) in [5.41, 5.74) is 13.7. The van der Waals surface area contributed by atoms with Gasteiger partial charge < -0.3 is 11.5 Å². The zero-order valence-corrected chi connectivity index (χ0v) is 15.4. The molecule has 1 aromatic heterocycles. The molecule has 0 aliphatic heterocycles. The van der Waals surface area contributed by atoms with E-state index in [9.17, 15) is 8.42 Å². The number of benzene rings is 2. The van der Waals surface area contributed by atoms with E-state index in [1.807, 2.05) is 24.3 Å². The van der Waals surface area contributed by atoms with Crippen molar-refractivity contribution in [2.75, 3.05) is 0 Å². The molecular formula is C19H19N5O2S. The minimum atomic E-state index is -3.74. The first-order valence-electron chi connectivity index (χ1n) is 8.59. The average Bonchev–Trinajstić information content (AvgIpc) is 3.02. The summed E-state index contributed by atoms with van der Waals surface area (Å²) in [7, 11) is -3.74. The Kier molecular flexibility index (Phi) is 4.19. The number of para-hydroxylation sites is 1. The Labute approximate surface area is 157 Å². The van der Waals surface area contributed by atoms with Crippen LogP contribution in [0.25, 0.3) is 10.9 Å². The summed E-state index contributed by atoms with van der Waals surface area (Å²) in [5, 5.41) is 8.80. The Morgan fingerprint density at radius 2 is 1.67 bits per heavy atom. The molecule has 4 rings (SSSR count). The number of aromatic nitrogens is 1. The first-order chi connectivity index (χ1) is 13.0. The average molecular weight is 381 g/mol. The summed E-state index contributed by atoms with van der Waals surface area (Å²) < 4.78 is 28.3. The van der Waals surface area contributed by atoms with Crippen LogP contribution in [-0.4, -0.2) is 24.1 Å². The minimum absolute atomic E-state index is 0.129. The fraction of sp³-hybridized carbons (Fsp3) is 0.158. The number of nitrogens with zero attached hydrogens (tertiary/aromatic N) is 3. The number of rotatable bonds is 3. The van der Waals surface area contributed by atoms with Crippen molar-refractivity contribution in [1.29, 1.82) is 0 Å². The molecule has 1 aliphatic carbocycles. The van der Waals surface area contributed by atoms with Gasteiger partial charge in [0.2, 0.25) is 5.96 Å². The van der Waals surface area contributed by atoms with Crippen LogP contribution < -0.4 is 11.5 Å². The van der Waals surface area contributed by atoms with E-state index in [4.69, 9.17) is 11.5 Å². The summed E-state index contributed by atoms with van der Waals surface area (Å²) in [5.74, 6) is -0.129. The Morgan fingerprint density at radius 1 is 0.963 bits per heavy atom. The molecule has 0 spiro atoms. The summed E-state index contributed by atoms with van der Waals surface area (Å²) in [6.45, 7) is 0. The molecule has 0 amide bonds. The van der Waals surface area contributed by atoms with Gasteiger partial charge in [-0.1, -0.05) is 36.4 Å². The van der Waals surface area contributed by atoms with Gasteiger partial charge >= 0.3 is 0 Å². The molecule has 0 unspecified atom stereocenters. The van der Waals surface area contributed by atoms with Gasteiger partial charge in [-0.15, -0.1) is 5.10 Å². The van der Waals surface area contributed by atoms with Crippen LogP contribution in [-0.2, 0) is 16.4 Å². The standard InChI is InChI=1S/C19H19N5O2S/c20-19(21)23-22-15-10-6-12-17-18(15)14-9-4-5-11-16(14)24(17)27(25,26)13-7-2-1-3-8-13/h1-5,7-9,11H,6,10,12H2,(H4,20,21,23)/b22-15+. The van der Waals surface area contributed by atoms with E-state index in [2.05, 4.69) is 10.2 Å². The van der Waals surface area contributed by atoms with Gasteiger partial charge in [0.15, 0.2) is 0 Å². The summed E-state index contributed by atoms with van der Waals surface area (Å²) in [4.78, 5) is 0.252. The fourth-order valence-corrected chi connectivity index (χ4v) is 5.15. The van der Waals surface area contributed by atoms with Crippen LogP contribution in [0.4, 0.5) is 0 Å². The van der Waals surface area contributed by atoms with Crippen LogP contribution in [0.2, 0.25) is 0 Å². The quantitative estimate of drug-likeness (QED) is 0.411. The highest BCUT2D eigenvalue weighted by molar-refractivity contribution is 7.90. The van der Waals surface area contributed by atoms with E-state index < -0.39 is 10.0 Å². The highest BCUT2D eigenvalue weighted by Crippen LogP contribution is 2.35. The van der Waals surface area contributed by atoms with Crippen molar-refractivity contribution in [2.45, 2.75) is 24.2 Å². The maximum atomic E-state index is 13.4. The smallest absolute Gasteiger partial charge is 0.268 e. The first-order valence-corrected chi connectivity index (χ1v) is 10.0. The summed E-state index contributed by atoms with van der Waals surface area (Å²) in [6.07, 6.45) is 2.09. The van der Waals surface area contributed by atoms with Crippen LogP contribution in [0.15, 0.2) is 69.7 Å². The summed E-state index contributed by atoms with van der Waals surface area (Å²) >= 11 is 0. The monoisotopic (exact) mass is 381 g/mol. The third-order valence-corrected chi connectivity index (χ3v) is 6.37. The molecule has 0 saturated carbocycles. The van der Waals surface area contributed by atoms with Crippen molar-refractivity contribution in [3.05, 3.63) is 65.9 Å². The Morgan fingerprint density at radius 3 is 2.41 bits per heavy atom. The molecule has 4 N–H and O–H groups in total. The van der Waals surface area contributed by atoms with Crippen molar-refractivity contribution >= 4 is 32.6 Å². The Hall–Kier alpha value is -3.13. The first kappa shape index (κ1) is 17.3. The van der Waals surface area contributed by atoms with Gasteiger partial charge in [0.25, 0.3) is 10.0 Å². The van der Waals surface area contributed by atoms with Crippen molar-refractivity contribution in [1.82, 2.24) is 3.97 Å². The zero-order chi connectivity index (χ0) is 19.0. The van der Waals surface area contributed by atoms with Gasteiger partial charge in [0.05, 0.1) is 16.1 Å². The van der Waals surface area contributed by atoms with Crippen molar-refractivity contribution in [3.8, 4) is 0 Å². The number of hydrogen-bond donors (Lipinski definition) is 2. The third-order valence-electron chi connectivity index (χ3n) is 4.61. The van der Waals surface area contributed by atoms with Gasteiger partial charge in [-0.3, -0.25) is 0 Å². The Balaban J connectivity index is 2.05. The second kappa shape index (κ2) is 6.55. The molecule has 0 saturated heterocycles. The second-order valence-corrected chi connectivity index (χ2v) is 8.13. The normalized spacial score (nSPS) is 15.6. The van der Waals surface area contributed by atoms with Gasteiger partial charge in [-0.05, 0) is 37.5 Å². The van der Waals surface area contributed by atoms with Crippen LogP contribution in [0.3, 0.4) is 0 Å². The molecular weight excluding hydrogens is 362 g/mol. The van der Waals surface area contributed by atoms with E-state index in [0.29, 0.717) is 24.1 Å². The molecule has 1 aliphatic rings. The lowest BCUT2D eigenvalue weighted by Crippen LogP contribution is -2.23. The minimum Gasteiger partial charge on any atom is -0.369 e. The van der Waals surface area contributed by atoms with Crippen LogP contribution >= 0.6 is 0 Å². The number of nitrogens with two attached hydrogens (primary N) is 2. The summed E-state index contributed by atoms with van der Waals surface area (Å²) in [6, 6.07) is 15.9.